The molecule has 1 aliphatic carbocycles. The van der Waals surface area contributed by atoms with Gasteiger partial charge in [0.2, 0.25) is 0 Å². The van der Waals surface area contributed by atoms with Crippen molar-refractivity contribution in [3.05, 3.63) is 0 Å². The van der Waals surface area contributed by atoms with E-state index in [0.29, 0.717) is 12.3 Å². The first-order chi connectivity index (χ1) is 12.9. The highest BCUT2D eigenvalue weighted by Crippen LogP contribution is 2.73. The van der Waals surface area contributed by atoms with E-state index in [-0.39, 0.29) is 24.4 Å². The van der Waals surface area contributed by atoms with Gasteiger partial charge in [0, 0.05) is 0 Å². The summed E-state index contributed by atoms with van der Waals surface area (Å²) in [6, 6.07) is 0. The molecule has 0 spiro atoms. The van der Waals surface area contributed by atoms with Crippen molar-refractivity contribution in [3.63, 3.8) is 0 Å². The van der Waals surface area contributed by atoms with Crippen LogP contribution in [0.4, 0.5) is 0 Å². The molecule has 0 aliphatic heterocycles. The van der Waals surface area contributed by atoms with Crippen LogP contribution in [-0.2, 0) is 27.2 Å². The van der Waals surface area contributed by atoms with Gasteiger partial charge in [-0.1, -0.05) is 32.1 Å². The molecule has 8 heteroatoms. The number of hydrogen-bond donors (Lipinski definition) is 0. The molecular weight excluding hydrogens is 398 g/mol. The van der Waals surface area contributed by atoms with Crippen LogP contribution in [0.1, 0.15) is 93.9 Å². The molecule has 0 atom stereocenters. The predicted octanol–water partition coefficient (Wildman–Crippen LogP) is 7.37. The van der Waals surface area contributed by atoms with Crippen molar-refractivity contribution in [3.8, 4) is 0 Å². The van der Waals surface area contributed by atoms with Crippen LogP contribution >= 0.6 is 15.2 Å². The Balaban J connectivity index is 3.39. The van der Waals surface area contributed by atoms with Gasteiger partial charge in [-0.05, 0) is 67.7 Å². The molecule has 0 bridgehead atoms. The largest absolute Gasteiger partial charge is 0.346 e. The molecule has 0 N–H and O–H groups in total. The van der Waals surface area contributed by atoms with Crippen molar-refractivity contribution < 1.29 is 27.2 Å². The molecule has 0 aromatic rings. The van der Waals surface area contributed by atoms with E-state index in [9.17, 15) is 9.13 Å². The van der Waals surface area contributed by atoms with Crippen molar-refractivity contribution in [2.45, 2.75) is 124 Å². The third-order valence-electron chi connectivity index (χ3n) is 4.43. The summed E-state index contributed by atoms with van der Waals surface area (Å²) in [5.74, 6) is 0.318. The van der Waals surface area contributed by atoms with Crippen LogP contribution in [0.25, 0.3) is 0 Å². The molecule has 6 nitrogen and oxygen atoms in total. The Kier molecular flexibility index (Phi) is 10.9. The van der Waals surface area contributed by atoms with Gasteiger partial charge in [-0.15, -0.1) is 0 Å². The lowest BCUT2D eigenvalue weighted by atomic mass is 9.87. The molecule has 28 heavy (non-hydrogen) atoms. The first-order valence-corrected chi connectivity index (χ1v) is 14.0. The summed E-state index contributed by atoms with van der Waals surface area (Å²) < 4.78 is 51.5. The topological polar surface area (TPSA) is 71.1 Å². The van der Waals surface area contributed by atoms with Crippen LogP contribution < -0.4 is 0 Å². The standard InChI is InChI=1S/C20H42O6P2/c1-15(2)23-27(21,24-16(3)4)20(14-19-12-10-9-11-13-19)28(22,25-17(5)6)26-18(7)8/h15-20H,9-14H2,1-8H3. The second-order valence-corrected chi connectivity index (χ2v) is 13.6. The summed E-state index contributed by atoms with van der Waals surface area (Å²) >= 11 is 0. The second kappa shape index (κ2) is 11.6. The minimum Gasteiger partial charge on any atom is -0.305 e. The fourth-order valence-corrected chi connectivity index (χ4v) is 9.82. The normalized spacial score (nSPS) is 17.6. The number of rotatable bonds is 12. The van der Waals surface area contributed by atoms with Gasteiger partial charge < -0.3 is 18.1 Å². The molecule has 0 unspecified atom stereocenters. The molecule has 0 heterocycles. The maximum Gasteiger partial charge on any atom is 0.346 e. The van der Waals surface area contributed by atoms with Crippen molar-refractivity contribution in [1.82, 2.24) is 0 Å². The van der Waals surface area contributed by atoms with Gasteiger partial charge in [-0.3, -0.25) is 9.13 Å². The summed E-state index contributed by atoms with van der Waals surface area (Å²) in [5.41, 5.74) is 0. The Morgan fingerprint density at radius 3 is 1.25 bits per heavy atom. The molecule has 0 aromatic heterocycles. The molecule has 1 aliphatic rings. The lowest BCUT2D eigenvalue weighted by Crippen LogP contribution is -2.26. The Morgan fingerprint density at radius 1 is 0.643 bits per heavy atom. The Morgan fingerprint density at radius 2 is 0.964 bits per heavy atom. The number of hydrogen-bond acceptors (Lipinski definition) is 6. The molecule has 1 saturated carbocycles. The summed E-state index contributed by atoms with van der Waals surface area (Å²) in [4.78, 5) is 0. The van der Waals surface area contributed by atoms with E-state index in [1.165, 1.54) is 6.42 Å². The Labute approximate surface area is 172 Å². The van der Waals surface area contributed by atoms with E-state index < -0.39 is 20.6 Å². The second-order valence-electron chi connectivity index (χ2n) is 8.92. The van der Waals surface area contributed by atoms with E-state index in [4.69, 9.17) is 18.1 Å². The molecule has 0 aromatic carbocycles. The van der Waals surface area contributed by atoms with Crippen molar-refractivity contribution >= 4 is 15.2 Å². The van der Waals surface area contributed by atoms with Crippen LogP contribution in [0, 0.1) is 5.92 Å². The van der Waals surface area contributed by atoms with E-state index in [2.05, 4.69) is 0 Å². The van der Waals surface area contributed by atoms with Crippen LogP contribution in [0.2, 0.25) is 0 Å². The maximum absolute atomic E-state index is 14.0. The summed E-state index contributed by atoms with van der Waals surface area (Å²) in [6.07, 6.45) is 4.70. The molecule has 0 saturated heterocycles. The van der Waals surface area contributed by atoms with Crippen LogP contribution in [0.3, 0.4) is 0 Å². The van der Waals surface area contributed by atoms with E-state index >= 15 is 0 Å². The zero-order valence-corrected chi connectivity index (χ0v) is 20.8. The Bertz CT molecular complexity index is 475. The Hall–Kier alpha value is 0.300. The summed E-state index contributed by atoms with van der Waals surface area (Å²) in [6.45, 7) is 14.5. The van der Waals surface area contributed by atoms with Crippen molar-refractivity contribution in [1.29, 1.82) is 0 Å². The lowest BCUT2D eigenvalue weighted by molar-refractivity contribution is 0.118. The highest BCUT2D eigenvalue weighted by molar-refractivity contribution is 7.72. The molecule has 1 rings (SSSR count). The van der Waals surface area contributed by atoms with Crippen LogP contribution in [0.5, 0.6) is 0 Å². The summed E-state index contributed by atoms with van der Waals surface area (Å²) in [7, 11) is -7.51. The van der Waals surface area contributed by atoms with Gasteiger partial charge in [0.05, 0.1) is 24.4 Å². The average Bonchev–Trinajstić information content (AvgIpc) is 2.50. The van der Waals surface area contributed by atoms with E-state index in [0.717, 1.165) is 25.7 Å². The first-order valence-electron chi connectivity index (χ1n) is 10.8. The van der Waals surface area contributed by atoms with Crippen molar-refractivity contribution in [2.24, 2.45) is 5.92 Å². The highest BCUT2D eigenvalue weighted by Gasteiger charge is 2.53. The first kappa shape index (κ1) is 26.3. The van der Waals surface area contributed by atoms with E-state index in [1.54, 1.807) is 0 Å². The molecule has 168 valence electrons. The zero-order chi connectivity index (χ0) is 21.5. The zero-order valence-electron chi connectivity index (χ0n) is 19.1. The molecule has 1 fully saturated rings. The fourth-order valence-electron chi connectivity index (χ4n) is 3.66. The van der Waals surface area contributed by atoms with Gasteiger partial charge >= 0.3 is 15.2 Å². The van der Waals surface area contributed by atoms with Crippen LogP contribution in [-0.4, -0.2) is 29.8 Å². The smallest absolute Gasteiger partial charge is 0.305 e. The van der Waals surface area contributed by atoms with Gasteiger partial charge in [0.15, 0.2) is 5.40 Å². The average molecular weight is 440 g/mol. The molecule has 0 amide bonds. The molecular formula is C20H42O6P2. The lowest BCUT2D eigenvalue weighted by Gasteiger charge is -2.37. The highest BCUT2D eigenvalue weighted by atomic mass is 31.2. The fraction of sp³-hybridized carbons (Fsp3) is 1.00. The minimum absolute atomic E-state index is 0.318. The SMILES string of the molecule is CC(C)OP(=O)(OC(C)C)C(CC1CCCCC1)P(=O)(OC(C)C)OC(C)C. The third kappa shape index (κ3) is 8.58. The third-order valence-corrected chi connectivity index (χ3v) is 10.9. The molecule has 0 radical (unpaired) electrons. The monoisotopic (exact) mass is 440 g/mol. The predicted molar refractivity (Wildman–Crippen MR) is 115 cm³/mol. The quantitative estimate of drug-likeness (QED) is 0.295. The van der Waals surface area contributed by atoms with Gasteiger partial charge in [-0.25, -0.2) is 0 Å². The van der Waals surface area contributed by atoms with Gasteiger partial charge in [0.25, 0.3) is 0 Å². The van der Waals surface area contributed by atoms with E-state index in [1.807, 2.05) is 55.4 Å². The van der Waals surface area contributed by atoms with Gasteiger partial charge in [0.1, 0.15) is 0 Å². The van der Waals surface area contributed by atoms with Gasteiger partial charge in [-0.2, -0.15) is 0 Å². The van der Waals surface area contributed by atoms with Crippen LogP contribution in [0.15, 0.2) is 0 Å². The minimum atomic E-state index is -3.76. The maximum atomic E-state index is 14.0. The van der Waals surface area contributed by atoms with Crippen molar-refractivity contribution in [2.75, 3.05) is 0 Å². The summed E-state index contributed by atoms with van der Waals surface area (Å²) in [5, 5.41) is -0.919.